The normalized spacial score (nSPS) is 24.5. The fourth-order valence-electron chi connectivity index (χ4n) is 2.27. The Morgan fingerprint density at radius 2 is 2.18 bits per heavy atom. The maximum Gasteiger partial charge on any atom is 0.168 e. The maximum atomic E-state index is 11.0. The van der Waals surface area contributed by atoms with Crippen molar-refractivity contribution in [3.05, 3.63) is 35.9 Å². The van der Waals surface area contributed by atoms with Crippen molar-refractivity contribution in [2.45, 2.75) is 31.3 Å². The van der Waals surface area contributed by atoms with Crippen LogP contribution in [0.2, 0.25) is 0 Å². The summed E-state index contributed by atoms with van der Waals surface area (Å²) in [7, 11) is 3.76. The van der Waals surface area contributed by atoms with Crippen LogP contribution in [0.1, 0.15) is 12.0 Å². The van der Waals surface area contributed by atoms with Crippen LogP contribution in [0, 0.1) is 0 Å². The first-order valence-electron chi connectivity index (χ1n) is 7.30. The first-order chi connectivity index (χ1) is 10.6. The lowest BCUT2D eigenvalue weighted by atomic mass is 10.0. The summed E-state index contributed by atoms with van der Waals surface area (Å²) in [4.78, 5) is 12.8. The molecule has 2 rings (SSSR count). The Kier molecular flexibility index (Phi) is 6.30. The number of aldehydes is 1. The second-order valence-corrected chi connectivity index (χ2v) is 5.92. The van der Waals surface area contributed by atoms with E-state index in [-0.39, 0.29) is 12.1 Å². The highest BCUT2D eigenvalue weighted by Crippen LogP contribution is 2.18. The van der Waals surface area contributed by atoms with E-state index in [9.17, 15) is 4.79 Å². The van der Waals surface area contributed by atoms with Crippen molar-refractivity contribution in [3.8, 4) is 0 Å². The number of hydrogen-bond acceptors (Lipinski definition) is 4. The standard InChI is InChI=1S/C16H22N2O3S/c1-18(2)16(22)17-14-11-20-13(9-19)8-15(14)21-10-12-6-4-3-5-7-12/h3-7,9,13-15H,8,10-11H2,1-2H3,(H,17,22). The van der Waals surface area contributed by atoms with Gasteiger partial charge in [-0.2, -0.15) is 0 Å². The van der Waals surface area contributed by atoms with E-state index in [1.54, 1.807) is 0 Å². The number of rotatable bonds is 5. The van der Waals surface area contributed by atoms with Crippen LogP contribution in [0.4, 0.5) is 0 Å². The van der Waals surface area contributed by atoms with E-state index in [4.69, 9.17) is 21.7 Å². The van der Waals surface area contributed by atoms with Gasteiger partial charge in [0, 0.05) is 20.5 Å². The molecule has 1 heterocycles. The van der Waals surface area contributed by atoms with Gasteiger partial charge in [-0.25, -0.2) is 0 Å². The molecule has 120 valence electrons. The molecule has 0 aliphatic carbocycles. The molecule has 5 nitrogen and oxygen atoms in total. The summed E-state index contributed by atoms with van der Waals surface area (Å²) in [5, 5.41) is 3.87. The lowest BCUT2D eigenvalue weighted by Gasteiger charge is -2.36. The molecule has 3 unspecified atom stereocenters. The van der Waals surface area contributed by atoms with Crippen LogP contribution in [-0.2, 0) is 20.9 Å². The Hall–Kier alpha value is -1.50. The van der Waals surface area contributed by atoms with Crippen LogP contribution in [0.3, 0.4) is 0 Å². The van der Waals surface area contributed by atoms with Gasteiger partial charge >= 0.3 is 0 Å². The van der Waals surface area contributed by atoms with E-state index >= 15 is 0 Å². The van der Waals surface area contributed by atoms with Gasteiger partial charge in [0.05, 0.1) is 25.4 Å². The first-order valence-corrected chi connectivity index (χ1v) is 7.71. The van der Waals surface area contributed by atoms with Gasteiger partial charge in [-0.3, -0.25) is 0 Å². The molecule has 0 spiro atoms. The van der Waals surface area contributed by atoms with Crippen LogP contribution < -0.4 is 5.32 Å². The second-order valence-electron chi connectivity index (χ2n) is 5.53. The summed E-state index contributed by atoms with van der Waals surface area (Å²) in [5.41, 5.74) is 1.10. The van der Waals surface area contributed by atoms with Gasteiger partial charge in [0.15, 0.2) is 5.11 Å². The molecule has 0 amide bonds. The first kappa shape index (κ1) is 16.9. The molecule has 1 N–H and O–H groups in total. The molecule has 0 bridgehead atoms. The molecule has 1 aliphatic rings. The van der Waals surface area contributed by atoms with Crippen molar-refractivity contribution in [2.75, 3.05) is 20.7 Å². The highest BCUT2D eigenvalue weighted by Gasteiger charge is 2.32. The molecule has 22 heavy (non-hydrogen) atoms. The Morgan fingerprint density at radius 1 is 1.45 bits per heavy atom. The van der Waals surface area contributed by atoms with E-state index in [2.05, 4.69) is 5.32 Å². The average Bonchev–Trinajstić information content (AvgIpc) is 2.54. The van der Waals surface area contributed by atoms with Crippen LogP contribution >= 0.6 is 12.2 Å². The van der Waals surface area contributed by atoms with Crippen LogP contribution in [0.5, 0.6) is 0 Å². The predicted molar refractivity (Wildman–Crippen MR) is 88.6 cm³/mol. The molecule has 0 saturated carbocycles. The molecular formula is C16H22N2O3S. The van der Waals surface area contributed by atoms with E-state index < -0.39 is 6.10 Å². The Morgan fingerprint density at radius 3 is 2.82 bits per heavy atom. The van der Waals surface area contributed by atoms with Crippen molar-refractivity contribution in [2.24, 2.45) is 0 Å². The van der Waals surface area contributed by atoms with Crippen molar-refractivity contribution < 1.29 is 14.3 Å². The molecule has 1 saturated heterocycles. The number of carbonyl (C=O) groups is 1. The number of benzene rings is 1. The Labute approximate surface area is 136 Å². The van der Waals surface area contributed by atoms with Gasteiger partial charge in [0.2, 0.25) is 0 Å². The minimum absolute atomic E-state index is 0.0604. The number of carbonyl (C=O) groups excluding carboxylic acids is 1. The molecule has 1 aromatic rings. The van der Waals surface area contributed by atoms with Gasteiger partial charge in [-0.1, -0.05) is 30.3 Å². The largest absolute Gasteiger partial charge is 0.371 e. The van der Waals surface area contributed by atoms with Gasteiger partial charge in [-0.15, -0.1) is 0 Å². The van der Waals surface area contributed by atoms with E-state index in [1.807, 2.05) is 49.3 Å². The van der Waals surface area contributed by atoms with Gasteiger partial charge in [0.25, 0.3) is 0 Å². The van der Waals surface area contributed by atoms with Crippen LogP contribution in [0.15, 0.2) is 30.3 Å². The highest BCUT2D eigenvalue weighted by atomic mass is 32.1. The minimum atomic E-state index is -0.410. The van der Waals surface area contributed by atoms with Gasteiger partial charge in [-0.05, 0) is 17.8 Å². The SMILES string of the molecule is CN(C)C(=S)NC1COC(C=O)CC1OCc1ccccc1. The fourth-order valence-corrected chi connectivity index (χ4v) is 2.43. The van der Waals surface area contributed by atoms with Crippen molar-refractivity contribution in [1.82, 2.24) is 10.2 Å². The molecule has 0 aromatic heterocycles. The van der Waals surface area contributed by atoms with Crippen molar-refractivity contribution in [3.63, 3.8) is 0 Å². The predicted octanol–water partition coefficient (Wildman–Crippen LogP) is 1.36. The third-order valence-electron chi connectivity index (χ3n) is 3.58. The van der Waals surface area contributed by atoms with Crippen LogP contribution in [-0.4, -0.2) is 55.3 Å². The minimum Gasteiger partial charge on any atom is -0.371 e. The van der Waals surface area contributed by atoms with E-state index in [1.165, 1.54) is 0 Å². The maximum absolute atomic E-state index is 11.0. The number of nitrogens with one attached hydrogen (secondary N) is 1. The van der Waals surface area contributed by atoms with Gasteiger partial charge in [0.1, 0.15) is 12.4 Å². The zero-order valence-electron chi connectivity index (χ0n) is 12.9. The average molecular weight is 322 g/mol. The van der Waals surface area contributed by atoms with Crippen molar-refractivity contribution in [1.29, 1.82) is 0 Å². The summed E-state index contributed by atoms with van der Waals surface area (Å²) >= 11 is 5.28. The highest BCUT2D eigenvalue weighted by molar-refractivity contribution is 7.80. The topological polar surface area (TPSA) is 50.8 Å². The molecule has 1 fully saturated rings. The van der Waals surface area contributed by atoms with Crippen molar-refractivity contribution >= 4 is 23.6 Å². The monoisotopic (exact) mass is 322 g/mol. The zero-order valence-corrected chi connectivity index (χ0v) is 13.7. The molecule has 6 heteroatoms. The van der Waals surface area contributed by atoms with Crippen LogP contribution in [0.25, 0.3) is 0 Å². The molecule has 1 aromatic carbocycles. The molecule has 3 atom stereocenters. The smallest absolute Gasteiger partial charge is 0.168 e. The molecular weight excluding hydrogens is 300 g/mol. The third-order valence-corrected chi connectivity index (χ3v) is 4.06. The second kappa shape index (κ2) is 8.22. The number of hydrogen-bond donors (Lipinski definition) is 1. The summed E-state index contributed by atoms with van der Waals surface area (Å²) in [6, 6.07) is 9.91. The summed E-state index contributed by atoms with van der Waals surface area (Å²) in [6.45, 7) is 0.904. The lowest BCUT2D eigenvalue weighted by molar-refractivity contribution is -0.132. The number of ether oxygens (including phenoxy) is 2. The molecule has 0 radical (unpaired) electrons. The molecule has 1 aliphatic heterocycles. The summed E-state index contributed by atoms with van der Waals surface area (Å²) in [6.07, 6.45) is 0.831. The zero-order chi connectivity index (χ0) is 15.9. The Balaban J connectivity index is 1.97. The third kappa shape index (κ3) is 4.76. The lowest BCUT2D eigenvalue weighted by Crippen LogP contribution is -2.54. The number of nitrogens with zero attached hydrogens (tertiary/aromatic N) is 1. The summed E-state index contributed by atoms with van der Waals surface area (Å²) < 4.78 is 11.5. The summed E-state index contributed by atoms with van der Waals surface area (Å²) in [5.74, 6) is 0. The quantitative estimate of drug-likeness (QED) is 0.653. The fraction of sp³-hybridized carbons (Fsp3) is 0.500. The Bertz CT molecular complexity index is 495. The van der Waals surface area contributed by atoms with Gasteiger partial charge < -0.3 is 24.5 Å². The number of thiocarbonyl (C=S) groups is 1. The van der Waals surface area contributed by atoms with E-state index in [0.717, 1.165) is 11.8 Å². The van der Waals surface area contributed by atoms with E-state index in [0.29, 0.717) is 24.7 Å².